The molecule has 0 spiro atoms. The molecule has 0 aliphatic rings. The van der Waals surface area contributed by atoms with Gasteiger partial charge in [-0.05, 0) is 32.9 Å². The molecule has 0 unspecified atom stereocenters. The molecule has 2 N–H and O–H groups in total. The molecule has 0 saturated heterocycles. The predicted octanol–water partition coefficient (Wildman–Crippen LogP) is 1.40. The summed E-state index contributed by atoms with van der Waals surface area (Å²) < 4.78 is 2.04. The van der Waals surface area contributed by atoms with Gasteiger partial charge in [-0.2, -0.15) is 10.2 Å². The number of aromatic nitrogens is 4. The molecule has 0 aromatic carbocycles. The molecule has 0 fully saturated rings. The van der Waals surface area contributed by atoms with Crippen LogP contribution in [0.4, 0.5) is 0 Å². The average Bonchev–Trinajstić information content (AvgIpc) is 2.87. The summed E-state index contributed by atoms with van der Waals surface area (Å²) in [6.45, 7) is 7.95. The number of hydrogen-bond acceptors (Lipinski definition) is 3. The van der Waals surface area contributed by atoms with E-state index in [1.54, 1.807) is 6.20 Å². The summed E-state index contributed by atoms with van der Waals surface area (Å²) in [6, 6.07) is 4.45. The fourth-order valence-corrected chi connectivity index (χ4v) is 1.85. The zero-order valence-electron chi connectivity index (χ0n) is 10.6. The van der Waals surface area contributed by atoms with Crippen LogP contribution in [0.3, 0.4) is 0 Å². The topological polar surface area (TPSA) is 58.5 Å². The summed E-state index contributed by atoms with van der Waals surface area (Å²) in [7, 11) is 0. The molecule has 5 heteroatoms. The molecular weight excluding hydrogens is 214 g/mol. The monoisotopic (exact) mass is 233 g/mol. The fraction of sp³-hybridized carbons (Fsp3) is 0.500. The highest BCUT2D eigenvalue weighted by atomic mass is 15.3. The quantitative estimate of drug-likeness (QED) is 0.820. The maximum absolute atomic E-state index is 4.45. The van der Waals surface area contributed by atoms with Crippen LogP contribution in [-0.4, -0.2) is 26.0 Å². The molecular formula is C12H19N5. The normalized spacial score (nSPS) is 12.9. The lowest BCUT2D eigenvalue weighted by molar-refractivity contribution is 0.441. The molecule has 0 saturated carbocycles. The fourth-order valence-electron chi connectivity index (χ4n) is 1.85. The zero-order chi connectivity index (χ0) is 12.3. The maximum atomic E-state index is 4.45. The van der Waals surface area contributed by atoms with Crippen LogP contribution in [0.1, 0.15) is 24.0 Å². The van der Waals surface area contributed by atoms with Gasteiger partial charge < -0.3 is 5.32 Å². The Morgan fingerprint density at radius 2 is 2.29 bits per heavy atom. The second-order valence-corrected chi connectivity index (χ2v) is 4.47. The van der Waals surface area contributed by atoms with E-state index < -0.39 is 0 Å². The van der Waals surface area contributed by atoms with Gasteiger partial charge in [0.15, 0.2) is 0 Å². The van der Waals surface area contributed by atoms with Gasteiger partial charge in [0.05, 0.1) is 12.2 Å². The van der Waals surface area contributed by atoms with Gasteiger partial charge in [0, 0.05) is 30.2 Å². The van der Waals surface area contributed by atoms with Crippen LogP contribution in [0.15, 0.2) is 18.3 Å². The lowest BCUT2D eigenvalue weighted by Crippen LogP contribution is -2.30. The molecule has 0 aliphatic heterocycles. The Morgan fingerprint density at radius 3 is 2.88 bits per heavy atom. The largest absolute Gasteiger partial charge is 0.307 e. The summed E-state index contributed by atoms with van der Waals surface area (Å²) in [4.78, 5) is 0. The van der Waals surface area contributed by atoms with Gasteiger partial charge in [-0.1, -0.05) is 0 Å². The molecule has 1 atom stereocenters. The van der Waals surface area contributed by atoms with E-state index in [0.717, 1.165) is 24.5 Å². The van der Waals surface area contributed by atoms with Crippen molar-refractivity contribution in [2.45, 2.75) is 39.9 Å². The highest BCUT2D eigenvalue weighted by Gasteiger charge is 2.06. The number of nitrogens with one attached hydrogen (secondary N) is 2. The van der Waals surface area contributed by atoms with E-state index in [0.29, 0.717) is 6.04 Å². The summed E-state index contributed by atoms with van der Waals surface area (Å²) in [5.74, 6) is 0. The predicted molar refractivity (Wildman–Crippen MR) is 66.6 cm³/mol. The number of rotatable bonds is 5. The molecule has 2 aromatic rings. The first-order valence-electron chi connectivity index (χ1n) is 5.88. The lowest BCUT2D eigenvalue weighted by Gasteiger charge is -2.14. The van der Waals surface area contributed by atoms with Crippen molar-refractivity contribution in [3.8, 4) is 0 Å². The van der Waals surface area contributed by atoms with Gasteiger partial charge in [-0.3, -0.25) is 9.78 Å². The summed E-state index contributed by atoms with van der Waals surface area (Å²) >= 11 is 0. The van der Waals surface area contributed by atoms with Crippen molar-refractivity contribution in [2.75, 3.05) is 0 Å². The SMILES string of the molecule is Cc1cc(C)n(C[C@H](C)NCc2ccn[nH]2)n1. The molecule has 92 valence electrons. The summed E-state index contributed by atoms with van der Waals surface area (Å²) in [5.41, 5.74) is 3.38. The number of hydrogen-bond donors (Lipinski definition) is 2. The van der Waals surface area contributed by atoms with E-state index in [-0.39, 0.29) is 0 Å². The molecule has 2 heterocycles. The van der Waals surface area contributed by atoms with E-state index >= 15 is 0 Å². The van der Waals surface area contributed by atoms with Crippen molar-refractivity contribution >= 4 is 0 Å². The van der Waals surface area contributed by atoms with Gasteiger partial charge in [0.2, 0.25) is 0 Å². The smallest absolute Gasteiger partial charge is 0.0596 e. The third kappa shape index (κ3) is 3.17. The Bertz CT molecular complexity index is 457. The summed E-state index contributed by atoms with van der Waals surface area (Å²) in [5, 5.41) is 14.7. The van der Waals surface area contributed by atoms with Crippen LogP contribution in [0, 0.1) is 13.8 Å². The van der Waals surface area contributed by atoms with E-state index in [4.69, 9.17) is 0 Å². The van der Waals surface area contributed by atoms with Crippen molar-refractivity contribution in [2.24, 2.45) is 0 Å². The van der Waals surface area contributed by atoms with Gasteiger partial charge >= 0.3 is 0 Å². The van der Waals surface area contributed by atoms with Crippen molar-refractivity contribution in [1.82, 2.24) is 25.3 Å². The van der Waals surface area contributed by atoms with Crippen molar-refractivity contribution in [1.29, 1.82) is 0 Å². The molecule has 0 amide bonds. The van der Waals surface area contributed by atoms with Crippen molar-refractivity contribution in [3.05, 3.63) is 35.4 Å². The molecule has 5 nitrogen and oxygen atoms in total. The van der Waals surface area contributed by atoms with Crippen LogP contribution in [0.25, 0.3) is 0 Å². The Labute approximate surface area is 101 Å². The third-order valence-corrected chi connectivity index (χ3v) is 2.75. The molecule has 0 bridgehead atoms. The molecule has 2 rings (SSSR count). The highest BCUT2D eigenvalue weighted by Crippen LogP contribution is 2.03. The van der Waals surface area contributed by atoms with Crippen LogP contribution in [0.5, 0.6) is 0 Å². The zero-order valence-corrected chi connectivity index (χ0v) is 10.6. The minimum Gasteiger partial charge on any atom is -0.307 e. The average molecular weight is 233 g/mol. The first-order chi connectivity index (χ1) is 8.15. The Balaban J connectivity index is 1.85. The second-order valence-electron chi connectivity index (χ2n) is 4.47. The van der Waals surface area contributed by atoms with Crippen LogP contribution in [0.2, 0.25) is 0 Å². The maximum Gasteiger partial charge on any atom is 0.0596 e. The van der Waals surface area contributed by atoms with Crippen LogP contribution in [-0.2, 0) is 13.1 Å². The first-order valence-corrected chi connectivity index (χ1v) is 5.88. The van der Waals surface area contributed by atoms with Gasteiger partial charge in [0.1, 0.15) is 0 Å². The molecule has 17 heavy (non-hydrogen) atoms. The second kappa shape index (κ2) is 5.14. The molecule has 2 aromatic heterocycles. The lowest BCUT2D eigenvalue weighted by atomic mass is 10.3. The summed E-state index contributed by atoms with van der Waals surface area (Å²) in [6.07, 6.45) is 1.77. The number of H-pyrrole nitrogens is 1. The van der Waals surface area contributed by atoms with Crippen molar-refractivity contribution < 1.29 is 0 Å². The number of aryl methyl sites for hydroxylation is 2. The number of aromatic amines is 1. The van der Waals surface area contributed by atoms with Gasteiger partial charge in [-0.25, -0.2) is 0 Å². The minimum atomic E-state index is 0.372. The van der Waals surface area contributed by atoms with Crippen LogP contribution >= 0.6 is 0 Å². The van der Waals surface area contributed by atoms with E-state index in [1.165, 1.54) is 5.69 Å². The Morgan fingerprint density at radius 1 is 1.47 bits per heavy atom. The first kappa shape index (κ1) is 11.9. The third-order valence-electron chi connectivity index (χ3n) is 2.75. The van der Waals surface area contributed by atoms with Crippen LogP contribution < -0.4 is 5.32 Å². The number of nitrogens with zero attached hydrogens (tertiary/aromatic N) is 3. The Hall–Kier alpha value is -1.62. The van der Waals surface area contributed by atoms with E-state index in [2.05, 4.69) is 40.5 Å². The van der Waals surface area contributed by atoms with Gasteiger partial charge in [0.25, 0.3) is 0 Å². The minimum absolute atomic E-state index is 0.372. The van der Waals surface area contributed by atoms with E-state index in [1.807, 2.05) is 17.7 Å². The molecule has 0 radical (unpaired) electrons. The Kier molecular flexibility index (Phi) is 3.58. The molecule has 0 aliphatic carbocycles. The standard InChI is InChI=1S/C12H19N5/c1-9-6-11(3)17(16-9)8-10(2)13-7-12-4-5-14-15-12/h4-6,10,13H,7-8H2,1-3H3,(H,14,15)/t10-/m0/s1. The van der Waals surface area contributed by atoms with Gasteiger partial charge in [-0.15, -0.1) is 0 Å². The van der Waals surface area contributed by atoms with Crippen molar-refractivity contribution in [3.63, 3.8) is 0 Å². The van der Waals surface area contributed by atoms with E-state index in [9.17, 15) is 0 Å². The highest BCUT2D eigenvalue weighted by molar-refractivity contribution is 5.06.